The standard InChI is InChI=1S/C33H36BrClN2O5S/c1-3-5-11-17-42-32(41)26-27-30(39)37(22(20-38)18-21-12-7-6-8-13-21)29(33(27)19-23(34)28(26)43-33)31(40)36(16-4-2)25-15-10-9-14-24(25)35/h3-4,6-10,12-15,22-23,26-29,38H,1-2,5,11,16-20H2/t22-,23?,26-,27+,28-,29?,33?/m1/s1. The maximum absolute atomic E-state index is 14.9. The number of rotatable bonds is 13. The van der Waals surface area contributed by atoms with Crippen LogP contribution < -0.4 is 4.90 Å². The molecule has 0 saturated carbocycles. The molecule has 1 spiro atoms. The lowest BCUT2D eigenvalue weighted by Crippen LogP contribution is -2.58. The van der Waals surface area contributed by atoms with E-state index >= 15 is 0 Å². The summed E-state index contributed by atoms with van der Waals surface area (Å²) >= 11 is 11.9. The smallest absolute Gasteiger partial charge is 0.310 e. The fraction of sp³-hybridized carbons (Fsp3) is 0.424. The van der Waals surface area contributed by atoms with Gasteiger partial charge in [0.15, 0.2) is 0 Å². The molecular formula is C33H36BrClN2O5S. The van der Waals surface area contributed by atoms with Gasteiger partial charge in [0.1, 0.15) is 6.04 Å². The minimum absolute atomic E-state index is 0.0996. The van der Waals surface area contributed by atoms with Crippen molar-refractivity contribution in [1.29, 1.82) is 0 Å². The fourth-order valence-electron chi connectivity index (χ4n) is 6.90. The minimum Gasteiger partial charge on any atom is -0.465 e. The molecule has 5 rings (SSSR count). The third-order valence-corrected chi connectivity index (χ3v) is 12.2. The average molecular weight is 688 g/mol. The zero-order valence-corrected chi connectivity index (χ0v) is 27.0. The maximum Gasteiger partial charge on any atom is 0.310 e. The summed E-state index contributed by atoms with van der Waals surface area (Å²) in [6.45, 7) is 7.65. The largest absolute Gasteiger partial charge is 0.465 e. The number of carbonyl (C=O) groups excluding carboxylic acids is 3. The van der Waals surface area contributed by atoms with E-state index in [1.54, 1.807) is 46.2 Å². The molecule has 2 aromatic carbocycles. The van der Waals surface area contributed by atoms with Gasteiger partial charge >= 0.3 is 5.97 Å². The van der Waals surface area contributed by atoms with Gasteiger partial charge in [-0.1, -0.05) is 82.1 Å². The highest BCUT2D eigenvalue weighted by Crippen LogP contribution is 2.68. The summed E-state index contributed by atoms with van der Waals surface area (Å²) in [6, 6.07) is 15.0. The van der Waals surface area contributed by atoms with Crippen molar-refractivity contribution < 1.29 is 24.2 Å². The Balaban J connectivity index is 1.59. The molecule has 0 radical (unpaired) electrons. The molecule has 3 heterocycles. The second-order valence-corrected chi connectivity index (χ2v) is 14.3. The summed E-state index contributed by atoms with van der Waals surface area (Å²) in [7, 11) is 0. The maximum atomic E-state index is 14.9. The molecule has 3 aliphatic heterocycles. The van der Waals surface area contributed by atoms with Crippen LogP contribution >= 0.6 is 39.3 Å². The molecule has 2 aromatic rings. The Morgan fingerprint density at radius 3 is 2.58 bits per heavy atom. The third-order valence-electron chi connectivity index (χ3n) is 8.67. The lowest BCUT2D eigenvalue weighted by molar-refractivity contribution is -0.154. The first-order valence-corrected chi connectivity index (χ1v) is 16.7. The number of fused-ring (bicyclic) bond motifs is 1. The summed E-state index contributed by atoms with van der Waals surface area (Å²) in [5.41, 5.74) is 1.44. The van der Waals surface area contributed by atoms with Crippen LogP contribution in [0.25, 0.3) is 0 Å². The number of allylic oxidation sites excluding steroid dienone is 1. The number of nitrogens with zero attached hydrogens (tertiary/aromatic N) is 2. The number of aliphatic hydroxyl groups excluding tert-OH is 1. The van der Waals surface area contributed by atoms with Crippen LogP contribution in [-0.4, -0.2) is 74.5 Å². The van der Waals surface area contributed by atoms with Crippen LogP contribution in [0, 0.1) is 11.8 Å². The van der Waals surface area contributed by atoms with Gasteiger partial charge in [-0.05, 0) is 43.4 Å². The van der Waals surface area contributed by atoms with Crippen molar-refractivity contribution in [2.24, 2.45) is 11.8 Å². The first-order chi connectivity index (χ1) is 20.8. The number of aliphatic hydroxyl groups is 1. The molecule has 228 valence electrons. The number of para-hydroxylation sites is 1. The van der Waals surface area contributed by atoms with E-state index < -0.39 is 34.6 Å². The Morgan fingerprint density at radius 1 is 1.19 bits per heavy atom. The van der Waals surface area contributed by atoms with Gasteiger partial charge < -0.3 is 19.6 Å². The number of hydrogen-bond donors (Lipinski definition) is 1. The van der Waals surface area contributed by atoms with E-state index in [0.29, 0.717) is 36.4 Å². The van der Waals surface area contributed by atoms with Gasteiger partial charge in [-0.15, -0.1) is 24.9 Å². The number of esters is 1. The van der Waals surface area contributed by atoms with E-state index in [1.807, 2.05) is 30.3 Å². The lowest BCUT2D eigenvalue weighted by Gasteiger charge is -2.40. The Kier molecular flexibility index (Phi) is 10.1. The molecule has 3 aliphatic rings. The zero-order chi connectivity index (χ0) is 30.7. The van der Waals surface area contributed by atoms with Crippen molar-refractivity contribution in [3.63, 3.8) is 0 Å². The van der Waals surface area contributed by atoms with Crippen LogP contribution in [0.3, 0.4) is 0 Å². The van der Waals surface area contributed by atoms with Crippen LogP contribution in [0.15, 0.2) is 79.9 Å². The highest BCUT2D eigenvalue weighted by molar-refractivity contribution is 9.09. The Hall–Kier alpha value is -2.59. The van der Waals surface area contributed by atoms with Crippen molar-refractivity contribution in [2.75, 3.05) is 24.7 Å². The summed E-state index contributed by atoms with van der Waals surface area (Å²) in [5, 5.41) is 10.9. The molecule has 2 bridgehead atoms. The first-order valence-electron chi connectivity index (χ1n) is 14.5. The van der Waals surface area contributed by atoms with Crippen LogP contribution in [0.4, 0.5) is 5.69 Å². The van der Waals surface area contributed by atoms with Crippen molar-refractivity contribution in [3.8, 4) is 0 Å². The molecule has 0 aromatic heterocycles. The third kappa shape index (κ3) is 5.81. The molecule has 10 heteroatoms. The van der Waals surface area contributed by atoms with Gasteiger partial charge in [0, 0.05) is 16.6 Å². The topological polar surface area (TPSA) is 87.2 Å². The highest BCUT2D eigenvalue weighted by Gasteiger charge is 2.76. The number of benzene rings is 2. The van der Waals surface area contributed by atoms with Gasteiger partial charge in [-0.25, -0.2) is 0 Å². The fourth-order valence-corrected chi connectivity index (χ4v) is 10.7. The molecule has 1 N–H and O–H groups in total. The molecule has 7 atom stereocenters. The summed E-state index contributed by atoms with van der Waals surface area (Å²) in [6.07, 6.45) is 5.63. The van der Waals surface area contributed by atoms with Gasteiger partial charge in [0.25, 0.3) is 5.91 Å². The number of unbranched alkanes of at least 4 members (excludes halogenated alkanes) is 1. The number of anilines is 1. The van der Waals surface area contributed by atoms with Crippen LogP contribution in [0.5, 0.6) is 0 Å². The van der Waals surface area contributed by atoms with E-state index in [4.69, 9.17) is 16.3 Å². The quantitative estimate of drug-likeness (QED) is 0.131. The van der Waals surface area contributed by atoms with E-state index in [2.05, 4.69) is 29.1 Å². The van der Waals surface area contributed by atoms with Crippen molar-refractivity contribution >= 4 is 62.8 Å². The molecule has 0 aliphatic carbocycles. The predicted molar refractivity (Wildman–Crippen MR) is 174 cm³/mol. The molecular weight excluding hydrogens is 652 g/mol. The number of carbonyl (C=O) groups is 3. The summed E-state index contributed by atoms with van der Waals surface area (Å²) < 4.78 is 4.80. The van der Waals surface area contributed by atoms with Gasteiger partial charge in [0.05, 0.1) is 46.5 Å². The number of likely N-dealkylation sites (tertiary alicyclic amines) is 1. The summed E-state index contributed by atoms with van der Waals surface area (Å²) in [4.78, 5) is 46.1. The SMILES string of the molecule is C=CCCCOC(=O)[C@H]1[C@@H]2SC3(CC2Br)C(C(=O)N(CC=C)c2ccccc2Cl)N([C@@H](CO)Cc2ccccc2)C(=O)[C@H]13. The van der Waals surface area contributed by atoms with Crippen molar-refractivity contribution in [1.82, 2.24) is 4.90 Å². The normalized spacial score (nSPS) is 27.9. The van der Waals surface area contributed by atoms with Gasteiger partial charge in [0.2, 0.25) is 5.91 Å². The second kappa shape index (κ2) is 13.6. The van der Waals surface area contributed by atoms with Crippen LogP contribution in [0.1, 0.15) is 24.8 Å². The molecule has 7 nitrogen and oxygen atoms in total. The Bertz CT molecular complexity index is 1380. The number of hydrogen-bond acceptors (Lipinski definition) is 6. The van der Waals surface area contributed by atoms with Crippen molar-refractivity contribution in [3.05, 3.63) is 90.5 Å². The van der Waals surface area contributed by atoms with E-state index in [-0.39, 0.29) is 41.6 Å². The molecule has 3 fully saturated rings. The molecule has 43 heavy (non-hydrogen) atoms. The van der Waals surface area contributed by atoms with Crippen LogP contribution in [-0.2, 0) is 25.5 Å². The van der Waals surface area contributed by atoms with Crippen molar-refractivity contribution in [2.45, 2.75) is 52.6 Å². The number of ether oxygens (including phenoxy) is 1. The predicted octanol–water partition coefficient (Wildman–Crippen LogP) is 5.44. The first kappa shape index (κ1) is 31.8. The number of amides is 2. The average Bonchev–Trinajstić information content (AvgIpc) is 3.60. The van der Waals surface area contributed by atoms with Gasteiger partial charge in [-0.2, -0.15) is 0 Å². The Morgan fingerprint density at radius 2 is 1.91 bits per heavy atom. The lowest BCUT2D eigenvalue weighted by atomic mass is 9.71. The molecule has 3 unspecified atom stereocenters. The van der Waals surface area contributed by atoms with E-state index in [0.717, 1.165) is 5.56 Å². The number of thioether (sulfide) groups is 1. The Labute approximate surface area is 270 Å². The van der Waals surface area contributed by atoms with E-state index in [9.17, 15) is 19.5 Å². The minimum atomic E-state index is -0.948. The second-order valence-electron chi connectivity index (χ2n) is 11.2. The highest BCUT2D eigenvalue weighted by atomic mass is 79.9. The van der Waals surface area contributed by atoms with Gasteiger partial charge in [-0.3, -0.25) is 14.4 Å². The molecule has 3 saturated heterocycles. The summed E-state index contributed by atoms with van der Waals surface area (Å²) in [5.74, 6) is -2.52. The molecule has 2 amide bonds. The van der Waals surface area contributed by atoms with Crippen LogP contribution in [0.2, 0.25) is 5.02 Å². The number of halogens is 2. The zero-order valence-electron chi connectivity index (χ0n) is 23.8. The number of alkyl halides is 1. The van der Waals surface area contributed by atoms with E-state index in [1.165, 1.54) is 11.8 Å². The monoisotopic (exact) mass is 686 g/mol.